The van der Waals surface area contributed by atoms with E-state index in [1.807, 2.05) is 13.1 Å². The van der Waals surface area contributed by atoms with Gasteiger partial charge in [-0.1, -0.05) is 38.3 Å². The normalized spacial score (nSPS) is 21.3. The molecule has 15 heavy (non-hydrogen) atoms. The van der Waals surface area contributed by atoms with Gasteiger partial charge in [-0.25, -0.2) is 10.0 Å². The standard InChI is InChI=1S/C11H16N4/c1-6-9(8(3)4)10-11(12-7-2)13-14-15(10)5/h6-8H,1-2H2,3-5H3/b10-9-,12-11+. The largest absolute Gasteiger partial charge is 0.246 e. The molecule has 0 N–H and O–H groups in total. The number of hydrogen-bond acceptors (Lipinski definition) is 3. The molecule has 4 heteroatoms. The molecule has 0 saturated heterocycles. The van der Waals surface area contributed by atoms with Crippen molar-refractivity contribution in [1.29, 1.82) is 0 Å². The molecule has 0 aromatic rings. The summed E-state index contributed by atoms with van der Waals surface area (Å²) < 4.78 is 0. The molecular formula is C11H16N4. The first-order valence-electron chi connectivity index (χ1n) is 4.82. The predicted octanol–water partition coefficient (Wildman–Crippen LogP) is 2.94. The van der Waals surface area contributed by atoms with E-state index >= 15 is 0 Å². The van der Waals surface area contributed by atoms with Gasteiger partial charge in [-0.05, 0) is 11.5 Å². The summed E-state index contributed by atoms with van der Waals surface area (Å²) in [6.45, 7) is 11.6. The van der Waals surface area contributed by atoms with E-state index < -0.39 is 0 Å². The molecule has 0 unspecified atom stereocenters. The van der Waals surface area contributed by atoms with Crippen LogP contribution >= 0.6 is 0 Å². The van der Waals surface area contributed by atoms with Crippen LogP contribution in [-0.2, 0) is 0 Å². The van der Waals surface area contributed by atoms with Crippen LogP contribution in [-0.4, -0.2) is 17.9 Å². The summed E-state index contributed by atoms with van der Waals surface area (Å²) in [5.41, 5.74) is 1.99. The second kappa shape index (κ2) is 4.68. The van der Waals surface area contributed by atoms with Crippen LogP contribution in [0.15, 0.2) is 52.0 Å². The Kier molecular flexibility index (Phi) is 3.55. The number of nitrogens with zero attached hydrogens (tertiary/aromatic N) is 4. The van der Waals surface area contributed by atoms with Crippen LogP contribution in [0.2, 0.25) is 0 Å². The van der Waals surface area contributed by atoms with Gasteiger partial charge in [0.15, 0.2) is 0 Å². The molecule has 80 valence electrons. The van der Waals surface area contributed by atoms with Crippen molar-refractivity contribution in [2.24, 2.45) is 21.2 Å². The number of amidine groups is 1. The third-order valence-corrected chi connectivity index (χ3v) is 2.14. The molecule has 0 aromatic carbocycles. The zero-order valence-electron chi connectivity index (χ0n) is 9.44. The van der Waals surface area contributed by atoms with Gasteiger partial charge >= 0.3 is 0 Å². The fourth-order valence-corrected chi connectivity index (χ4v) is 1.44. The predicted molar refractivity (Wildman–Crippen MR) is 62.3 cm³/mol. The van der Waals surface area contributed by atoms with Crippen molar-refractivity contribution < 1.29 is 0 Å². The Morgan fingerprint density at radius 3 is 2.60 bits per heavy atom. The lowest BCUT2D eigenvalue weighted by molar-refractivity contribution is 0.455. The van der Waals surface area contributed by atoms with E-state index in [2.05, 4.69) is 42.3 Å². The van der Waals surface area contributed by atoms with E-state index in [0.717, 1.165) is 11.3 Å². The van der Waals surface area contributed by atoms with Gasteiger partial charge < -0.3 is 0 Å². The van der Waals surface area contributed by atoms with E-state index in [-0.39, 0.29) is 0 Å². The minimum Gasteiger partial charge on any atom is -0.246 e. The first-order chi connectivity index (χ1) is 7.11. The summed E-state index contributed by atoms with van der Waals surface area (Å²) in [7, 11) is 1.84. The van der Waals surface area contributed by atoms with Crippen molar-refractivity contribution in [2.75, 3.05) is 7.05 Å². The molecule has 0 radical (unpaired) electrons. The highest BCUT2D eigenvalue weighted by molar-refractivity contribution is 6.00. The van der Waals surface area contributed by atoms with Gasteiger partial charge in [-0.2, -0.15) is 0 Å². The highest BCUT2D eigenvalue weighted by Crippen LogP contribution is 2.24. The van der Waals surface area contributed by atoms with Crippen molar-refractivity contribution >= 4 is 5.84 Å². The van der Waals surface area contributed by atoms with E-state index in [1.54, 1.807) is 5.01 Å². The molecule has 1 aliphatic heterocycles. The Bertz CT molecular complexity index is 361. The lowest BCUT2D eigenvalue weighted by Gasteiger charge is -2.14. The highest BCUT2D eigenvalue weighted by atomic mass is 15.6. The number of likely N-dealkylation sites (N-methyl/N-ethyl adjacent to an activating group) is 1. The average molecular weight is 204 g/mol. The molecule has 0 aliphatic carbocycles. The molecule has 4 nitrogen and oxygen atoms in total. The van der Waals surface area contributed by atoms with Crippen LogP contribution in [0.4, 0.5) is 0 Å². The maximum Gasteiger partial charge on any atom is 0.202 e. The van der Waals surface area contributed by atoms with E-state index in [1.165, 1.54) is 6.20 Å². The van der Waals surface area contributed by atoms with Gasteiger partial charge in [0.25, 0.3) is 0 Å². The number of rotatable bonds is 3. The summed E-state index contributed by atoms with van der Waals surface area (Å²) in [5, 5.41) is 9.61. The Balaban J connectivity index is 3.26. The van der Waals surface area contributed by atoms with Gasteiger partial charge in [0.2, 0.25) is 5.84 Å². The fourth-order valence-electron chi connectivity index (χ4n) is 1.44. The molecule has 0 atom stereocenters. The van der Waals surface area contributed by atoms with Crippen LogP contribution in [0, 0.1) is 5.92 Å². The van der Waals surface area contributed by atoms with Gasteiger partial charge in [0.05, 0.1) is 0 Å². The molecule has 0 spiro atoms. The summed E-state index contributed by atoms with van der Waals surface area (Å²) in [5.74, 6) is 0.953. The van der Waals surface area contributed by atoms with Crippen molar-refractivity contribution in [2.45, 2.75) is 13.8 Å². The van der Waals surface area contributed by atoms with Gasteiger partial charge in [0, 0.05) is 13.2 Å². The van der Waals surface area contributed by atoms with Crippen LogP contribution in [0.5, 0.6) is 0 Å². The molecular weight excluding hydrogens is 188 g/mol. The Morgan fingerprint density at radius 2 is 2.13 bits per heavy atom. The Morgan fingerprint density at radius 1 is 1.47 bits per heavy atom. The smallest absolute Gasteiger partial charge is 0.202 e. The third-order valence-electron chi connectivity index (χ3n) is 2.14. The zero-order chi connectivity index (χ0) is 11.4. The second-order valence-corrected chi connectivity index (χ2v) is 3.51. The Labute approximate surface area is 90.4 Å². The first-order valence-corrected chi connectivity index (χ1v) is 4.82. The topological polar surface area (TPSA) is 40.3 Å². The van der Waals surface area contributed by atoms with Crippen LogP contribution in [0.1, 0.15) is 13.8 Å². The minimum absolute atomic E-state index is 0.360. The lowest BCUT2D eigenvalue weighted by Crippen LogP contribution is -2.14. The highest BCUT2D eigenvalue weighted by Gasteiger charge is 2.22. The third kappa shape index (κ3) is 2.21. The SMILES string of the molecule is C=C/N=C1/N=NN(C)/C1=C(/C=C)C(C)C. The lowest BCUT2D eigenvalue weighted by atomic mass is 10.0. The fraction of sp³-hybridized carbons (Fsp3) is 0.364. The average Bonchev–Trinajstić information content (AvgIpc) is 2.51. The van der Waals surface area contributed by atoms with E-state index in [9.17, 15) is 0 Å². The van der Waals surface area contributed by atoms with E-state index in [4.69, 9.17) is 0 Å². The van der Waals surface area contributed by atoms with Gasteiger partial charge in [-0.3, -0.25) is 0 Å². The molecule has 1 heterocycles. The quantitative estimate of drug-likeness (QED) is 0.696. The zero-order valence-corrected chi connectivity index (χ0v) is 9.44. The molecule has 0 amide bonds. The van der Waals surface area contributed by atoms with Crippen LogP contribution < -0.4 is 0 Å². The van der Waals surface area contributed by atoms with Crippen molar-refractivity contribution in [3.05, 3.63) is 36.7 Å². The number of aliphatic imine (C=N–C) groups is 1. The molecule has 0 saturated carbocycles. The van der Waals surface area contributed by atoms with Gasteiger partial charge in [-0.15, -0.1) is 5.11 Å². The van der Waals surface area contributed by atoms with Crippen LogP contribution in [0.25, 0.3) is 0 Å². The molecule has 1 rings (SSSR count). The second-order valence-electron chi connectivity index (χ2n) is 3.51. The van der Waals surface area contributed by atoms with Crippen molar-refractivity contribution in [3.8, 4) is 0 Å². The maximum atomic E-state index is 4.08. The number of allylic oxidation sites excluding steroid dienone is 2. The summed E-state index contributed by atoms with van der Waals surface area (Å²) in [4.78, 5) is 4.08. The monoisotopic (exact) mass is 204 g/mol. The Hall–Kier alpha value is -1.71. The van der Waals surface area contributed by atoms with E-state index in [0.29, 0.717) is 11.8 Å². The van der Waals surface area contributed by atoms with Crippen molar-refractivity contribution in [1.82, 2.24) is 5.01 Å². The van der Waals surface area contributed by atoms with Crippen LogP contribution in [0.3, 0.4) is 0 Å². The van der Waals surface area contributed by atoms with Crippen molar-refractivity contribution in [3.63, 3.8) is 0 Å². The maximum absolute atomic E-state index is 4.08. The van der Waals surface area contributed by atoms with Gasteiger partial charge in [0.1, 0.15) is 5.70 Å². The molecule has 0 bridgehead atoms. The minimum atomic E-state index is 0.360. The summed E-state index contributed by atoms with van der Waals surface area (Å²) in [6.07, 6.45) is 3.29. The summed E-state index contributed by atoms with van der Waals surface area (Å²) >= 11 is 0. The molecule has 0 fully saturated rings. The number of hydrogen-bond donors (Lipinski definition) is 0. The summed E-state index contributed by atoms with van der Waals surface area (Å²) in [6, 6.07) is 0. The molecule has 1 aliphatic rings. The first kappa shape index (κ1) is 11.4. The molecule has 0 aromatic heterocycles.